The van der Waals surface area contributed by atoms with Crippen molar-refractivity contribution in [1.82, 2.24) is 15.3 Å². The third-order valence-corrected chi connectivity index (χ3v) is 3.20. The van der Waals surface area contributed by atoms with Crippen LogP contribution in [-0.2, 0) is 13.0 Å². The van der Waals surface area contributed by atoms with Crippen molar-refractivity contribution in [2.45, 2.75) is 33.2 Å². The molecule has 0 saturated carbocycles. The van der Waals surface area contributed by atoms with Crippen molar-refractivity contribution in [3.05, 3.63) is 53.0 Å². The average Bonchev–Trinajstić information content (AvgIpc) is 2.46. The minimum absolute atomic E-state index is 0.161. The number of aromatic nitrogens is 2. The Labute approximate surface area is 124 Å². The minimum Gasteiger partial charge on any atom is -0.384 e. The third-order valence-electron chi connectivity index (χ3n) is 3.20. The number of nitrogens with one attached hydrogen (secondary N) is 1. The molecule has 2 rings (SSSR count). The molecule has 0 unspecified atom stereocenters. The van der Waals surface area contributed by atoms with E-state index in [4.69, 9.17) is 5.73 Å². The minimum atomic E-state index is -0.161. The van der Waals surface area contributed by atoms with E-state index in [2.05, 4.69) is 22.2 Å². The van der Waals surface area contributed by atoms with Crippen LogP contribution in [0.2, 0.25) is 0 Å². The van der Waals surface area contributed by atoms with Crippen LogP contribution >= 0.6 is 0 Å². The number of aryl methyl sites for hydroxylation is 2. The quantitative estimate of drug-likeness (QED) is 0.882. The van der Waals surface area contributed by atoms with Crippen LogP contribution in [0.25, 0.3) is 0 Å². The standard InChI is InChI=1S/C16H20N4O/c1-3-5-13-8-12(9-15(17)20-13)16(21)19-10-14-11(2)6-4-7-18-14/h4,6-9H,3,5,10H2,1-2H3,(H2,17,20)(H,19,21). The fourth-order valence-electron chi connectivity index (χ4n) is 2.10. The molecular weight excluding hydrogens is 264 g/mol. The number of rotatable bonds is 5. The molecule has 110 valence electrons. The van der Waals surface area contributed by atoms with Gasteiger partial charge in [0, 0.05) is 17.5 Å². The molecule has 2 aromatic heterocycles. The average molecular weight is 284 g/mol. The molecule has 0 aliphatic heterocycles. The molecule has 0 bridgehead atoms. The number of nitrogens with zero attached hydrogens (tertiary/aromatic N) is 2. The van der Waals surface area contributed by atoms with Crippen molar-refractivity contribution in [2.24, 2.45) is 0 Å². The van der Waals surface area contributed by atoms with Crippen LogP contribution in [0.1, 0.15) is 40.7 Å². The highest BCUT2D eigenvalue weighted by molar-refractivity contribution is 5.94. The van der Waals surface area contributed by atoms with Crippen LogP contribution in [0.3, 0.4) is 0 Å². The van der Waals surface area contributed by atoms with Crippen molar-refractivity contribution in [3.63, 3.8) is 0 Å². The Balaban J connectivity index is 2.08. The zero-order valence-corrected chi connectivity index (χ0v) is 12.4. The number of amides is 1. The van der Waals surface area contributed by atoms with Gasteiger partial charge in [0.05, 0.1) is 12.2 Å². The van der Waals surface area contributed by atoms with Crippen molar-refractivity contribution in [2.75, 3.05) is 5.73 Å². The highest BCUT2D eigenvalue weighted by Gasteiger charge is 2.09. The maximum absolute atomic E-state index is 12.2. The Kier molecular flexibility index (Phi) is 4.87. The van der Waals surface area contributed by atoms with Crippen LogP contribution < -0.4 is 11.1 Å². The lowest BCUT2D eigenvalue weighted by Gasteiger charge is -2.08. The van der Waals surface area contributed by atoms with Gasteiger partial charge in [-0.3, -0.25) is 9.78 Å². The molecule has 2 heterocycles. The molecule has 0 aliphatic rings. The molecule has 5 nitrogen and oxygen atoms in total. The Bertz CT molecular complexity index is 640. The van der Waals surface area contributed by atoms with Crippen LogP contribution in [0.5, 0.6) is 0 Å². The van der Waals surface area contributed by atoms with E-state index in [1.807, 2.05) is 19.1 Å². The lowest BCUT2D eigenvalue weighted by Crippen LogP contribution is -2.24. The summed E-state index contributed by atoms with van der Waals surface area (Å²) in [6, 6.07) is 7.24. The zero-order chi connectivity index (χ0) is 15.2. The fraction of sp³-hybridized carbons (Fsp3) is 0.312. The van der Waals surface area contributed by atoms with Crippen LogP contribution in [0, 0.1) is 6.92 Å². The molecule has 21 heavy (non-hydrogen) atoms. The Hall–Kier alpha value is -2.43. The summed E-state index contributed by atoms with van der Waals surface area (Å²) in [4.78, 5) is 20.7. The predicted molar refractivity (Wildman–Crippen MR) is 82.8 cm³/mol. The van der Waals surface area contributed by atoms with Gasteiger partial charge in [0.2, 0.25) is 0 Å². The van der Waals surface area contributed by atoms with Gasteiger partial charge >= 0.3 is 0 Å². The molecule has 0 atom stereocenters. The number of hydrogen-bond acceptors (Lipinski definition) is 4. The summed E-state index contributed by atoms with van der Waals surface area (Å²) in [5.41, 5.74) is 9.06. The second-order valence-electron chi connectivity index (χ2n) is 4.97. The lowest BCUT2D eigenvalue weighted by molar-refractivity contribution is 0.0950. The molecule has 0 aromatic carbocycles. The van der Waals surface area contributed by atoms with Crippen molar-refractivity contribution in [1.29, 1.82) is 0 Å². The van der Waals surface area contributed by atoms with Crippen molar-refractivity contribution >= 4 is 11.7 Å². The Morgan fingerprint density at radius 3 is 2.90 bits per heavy atom. The van der Waals surface area contributed by atoms with Gasteiger partial charge in [0.15, 0.2) is 0 Å². The number of nitrogen functional groups attached to an aromatic ring is 1. The Morgan fingerprint density at radius 1 is 1.38 bits per heavy atom. The summed E-state index contributed by atoms with van der Waals surface area (Å²) in [6.45, 7) is 4.43. The van der Waals surface area contributed by atoms with E-state index < -0.39 is 0 Å². The molecule has 0 spiro atoms. The van der Waals surface area contributed by atoms with Gasteiger partial charge < -0.3 is 11.1 Å². The van der Waals surface area contributed by atoms with Crippen molar-refractivity contribution < 1.29 is 4.79 Å². The third kappa shape index (κ3) is 4.02. The first-order valence-electron chi connectivity index (χ1n) is 7.05. The SMILES string of the molecule is CCCc1cc(C(=O)NCc2ncccc2C)cc(N)n1. The van der Waals surface area contributed by atoms with E-state index >= 15 is 0 Å². The highest BCUT2D eigenvalue weighted by atomic mass is 16.1. The molecule has 5 heteroatoms. The second kappa shape index (κ2) is 6.83. The number of anilines is 1. The monoisotopic (exact) mass is 284 g/mol. The summed E-state index contributed by atoms with van der Waals surface area (Å²) in [7, 11) is 0. The normalized spacial score (nSPS) is 10.4. The summed E-state index contributed by atoms with van der Waals surface area (Å²) >= 11 is 0. The van der Waals surface area contributed by atoms with E-state index in [9.17, 15) is 4.79 Å². The van der Waals surface area contributed by atoms with E-state index in [0.29, 0.717) is 17.9 Å². The molecule has 1 amide bonds. The largest absolute Gasteiger partial charge is 0.384 e. The first-order valence-corrected chi connectivity index (χ1v) is 7.05. The number of carbonyl (C=O) groups excluding carboxylic acids is 1. The molecule has 2 aromatic rings. The molecular formula is C16H20N4O. The van der Waals surface area contributed by atoms with Gasteiger partial charge in [-0.05, 0) is 37.1 Å². The van der Waals surface area contributed by atoms with E-state index in [-0.39, 0.29) is 5.91 Å². The number of carbonyl (C=O) groups is 1. The molecule has 0 saturated heterocycles. The summed E-state index contributed by atoms with van der Waals surface area (Å²) in [6.07, 6.45) is 3.49. The molecule has 3 N–H and O–H groups in total. The predicted octanol–water partition coefficient (Wildman–Crippen LogP) is 2.25. The van der Waals surface area contributed by atoms with Crippen LogP contribution in [0.4, 0.5) is 5.82 Å². The van der Waals surface area contributed by atoms with Gasteiger partial charge in [-0.15, -0.1) is 0 Å². The van der Waals surface area contributed by atoms with Crippen molar-refractivity contribution in [3.8, 4) is 0 Å². The zero-order valence-electron chi connectivity index (χ0n) is 12.4. The van der Waals surface area contributed by atoms with Gasteiger partial charge in [0.1, 0.15) is 5.82 Å². The number of pyridine rings is 2. The van der Waals surface area contributed by atoms with Gasteiger partial charge in [0.25, 0.3) is 5.91 Å². The maximum Gasteiger partial charge on any atom is 0.251 e. The van der Waals surface area contributed by atoms with Crippen LogP contribution in [-0.4, -0.2) is 15.9 Å². The van der Waals surface area contributed by atoms with E-state index in [1.54, 1.807) is 18.3 Å². The number of hydrogen-bond donors (Lipinski definition) is 2. The fourth-order valence-corrected chi connectivity index (χ4v) is 2.10. The molecule has 0 radical (unpaired) electrons. The first-order chi connectivity index (χ1) is 10.1. The smallest absolute Gasteiger partial charge is 0.251 e. The summed E-state index contributed by atoms with van der Waals surface area (Å²) in [5.74, 6) is 0.214. The highest BCUT2D eigenvalue weighted by Crippen LogP contribution is 2.10. The Morgan fingerprint density at radius 2 is 2.19 bits per heavy atom. The van der Waals surface area contributed by atoms with E-state index in [1.165, 1.54) is 0 Å². The number of nitrogens with two attached hydrogens (primary N) is 1. The van der Waals surface area contributed by atoms with Gasteiger partial charge in [-0.2, -0.15) is 0 Å². The summed E-state index contributed by atoms with van der Waals surface area (Å²) < 4.78 is 0. The molecule has 0 aliphatic carbocycles. The summed E-state index contributed by atoms with van der Waals surface area (Å²) in [5, 5.41) is 2.87. The topological polar surface area (TPSA) is 80.9 Å². The van der Waals surface area contributed by atoms with Gasteiger partial charge in [-0.1, -0.05) is 19.4 Å². The van der Waals surface area contributed by atoms with E-state index in [0.717, 1.165) is 29.8 Å². The second-order valence-corrected chi connectivity index (χ2v) is 4.97. The lowest BCUT2D eigenvalue weighted by atomic mass is 10.1. The first kappa shape index (κ1) is 15.0. The van der Waals surface area contributed by atoms with Gasteiger partial charge in [-0.25, -0.2) is 4.98 Å². The molecule has 0 fully saturated rings. The van der Waals surface area contributed by atoms with Crippen LogP contribution in [0.15, 0.2) is 30.5 Å². The maximum atomic E-state index is 12.2.